The largest absolute Gasteiger partial charge is 0.392 e. The lowest BCUT2D eigenvalue weighted by molar-refractivity contribution is 0.282. The highest BCUT2D eigenvalue weighted by molar-refractivity contribution is 5.69. The fourth-order valence-corrected chi connectivity index (χ4v) is 1.88. The predicted molar refractivity (Wildman–Crippen MR) is 93.9 cm³/mol. The van der Waals surface area contributed by atoms with Gasteiger partial charge in [-0.15, -0.1) is 0 Å². The fraction of sp³-hybridized carbons (Fsp3) is 0.368. The predicted octanol–water partition coefficient (Wildman–Crippen LogP) is 4.68. The lowest BCUT2D eigenvalue weighted by Crippen LogP contribution is -2.01. The van der Waals surface area contributed by atoms with Crippen LogP contribution in [0.2, 0.25) is 0 Å². The van der Waals surface area contributed by atoms with Gasteiger partial charge in [-0.05, 0) is 41.3 Å². The highest BCUT2D eigenvalue weighted by Gasteiger charge is 2.03. The van der Waals surface area contributed by atoms with Gasteiger partial charge in [0.15, 0.2) is 0 Å². The summed E-state index contributed by atoms with van der Waals surface area (Å²) in [5, 5.41) is 12.3. The van der Waals surface area contributed by atoms with E-state index in [2.05, 4.69) is 35.7 Å². The Hall–Kier alpha value is -1.80. The van der Waals surface area contributed by atoms with E-state index in [-0.39, 0.29) is 6.61 Å². The third-order valence-corrected chi connectivity index (χ3v) is 2.87. The molecule has 0 amide bonds. The molecule has 116 valence electrons. The van der Waals surface area contributed by atoms with Crippen LogP contribution in [-0.2, 0) is 6.61 Å². The molecule has 1 aliphatic carbocycles. The van der Waals surface area contributed by atoms with E-state index in [1.165, 1.54) is 11.1 Å². The van der Waals surface area contributed by atoms with Crippen molar-refractivity contribution >= 4 is 5.57 Å². The first-order valence-corrected chi connectivity index (χ1v) is 7.79. The van der Waals surface area contributed by atoms with Crippen molar-refractivity contribution in [2.45, 2.75) is 40.7 Å². The van der Waals surface area contributed by atoms with Gasteiger partial charge in [0, 0.05) is 12.7 Å². The Morgan fingerprint density at radius 2 is 1.81 bits per heavy atom. The van der Waals surface area contributed by atoms with Crippen LogP contribution in [0.15, 0.2) is 54.3 Å². The van der Waals surface area contributed by atoms with Gasteiger partial charge < -0.3 is 10.4 Å². The molecular weight excluding hydrogens is 258 g/mol. The van der Waals surface area contributed by atoms with Crippen LogP contribution in [0.25, 0.3) is 5.57 Å². The minimum Gasteiger partial charge on any atom is -0.392 e. The Labute approximate surface area is 129 Å². The normalized spacial score (nSPS) is 12.7. The highest BCUT2D eigenvalue weighted by atomic mass is 16.3. The number of allylic oxidation sites excluding steroid dienone is 5. The monoisotopic (exact) mass is 287 g/mol. The van der Waals surface area contributed by atoms with Gasteiger partial charge in [-0.1, -0.05) is 58.0 Å². The Morgan fingerprint density at radius 1 is 1.10 bits per heavy atom. The quantitative estimate of drug-likeness (QED) is 0.846. The van der Waals surface area contributed by atoms with E-state index < -0.39 is 0 Å². The Morgan fingerprint density at radius 3 is 2.43 bits per heavy atom. The Bertz CT molecular complexity index is 484. The van der Waals surface area contributed by atoms with Crippen molar-refractivity contribution in [3.63, 3.8) is 0 Å². The molecule has 0 bridgehead atoms. The lowest BCUT2D eigenvalue weighted by Gasteiger charge is -2.05. The van der Waals surface area contributed by atoms with Crippen molar-refractivity contribution in [3.8, 4) is 0 Å². The summed E-state index contributed by atoms with van der Waals surface area (Å²) >= 11 is 0. The molecule has 21 heavy (non-hydrogen) atoms. The number of hydrogen-bond donors (Lipinski definition) is 2. The summed E-state index contributed by atoms with van der Waals surface area (Å²) in [7, 11) is 1.92. The molecule has 0 aromatic heterocycles. The van der Waals surface area contributed by atoms with Crippen molar-refractivity contribution in [2.24, 2.45) is 0 Å². The number of benzene rings is 1. The maximum Gasteiger partial charge on any atom is 0.0682 e. The van der Waals surface area contributed by atoms with Gasteiger partial charge in [0.1, 0.15) is 0 Å². The van der Waals surface area contributed by atoms with Crippen molar-refractivity contribution in [2.75, 3.05) is 7.05 Å². The summed E-state index contributed by atoms with van der Waals surface area (Å²) in [6.45, 7) is 8.09. The number of nitrogens with one attached hydrogen (secondary N) is 1. The highest BCUT2D eigenvalue weighted by Crippen LogP contribution is 2.22. The average molecular weight is 287 g/mol. The zero-order valence-electron chi connectivity index (χ0n) is 14.0. The molecule has 0 fully saturated rings. The summed E-state index contributed by atoms with van der Waals surface area (Å²) in [5.74, 6) is 0. The molecule has 1 aliphatic rings. The number of aliphatic hydroxyl groups is 1. The lowest BCUT2D eigenvalue weighted by atomic mass is 10.0. The summed E-state index contributed by atoms with van der Waals surface area (Å²) in [6.07, 6.45) is 9.34. The average Bonchev–Trinajstić information content (AvgIpc) is 2.84. The van der Waals surface area contributed by atoms with Gasteiger partial charge >= 0.3 is 0 Å². The van der Waals surface area contributed by atoms with E-state index >= 15 is 0 Å². The molecule has 2 heteroatoms. The van der Waals surface area contributed by atoms with Crippen LogP contribution in [0.3, 0.4) is 0 Å². The van der Waals surface area contributed by atoms with E-state index in [1.807, 2.05) is 52.9 Å². The minimum absolute atomic E-state index is 0.0918. The van der Waals surface area contributed by atoms with Crippen LogP contribution in [-0.4, -0.2) is 12.2 Å². The zero-order chi connectivity index (χ0) is 16.1. The van der Waals surface area contributed by atoms with Gasteiger partial charge in [0.25, 0.3) is 0 Å². The number of aliphatic hydroxyl groups excluding tert-OH is 1. The van der Waals surface area contributed by atoms with Crippen LogP contribution in [0.5, 0.6) is 0 Å². The van der Waals surface area contributed by atoms with Gasteiger partial charge in [-0.3, -0.25) is 0 Å². The van der Waals surface area contributed by atoms with Gasteiger partial charge in [0.2, 0.25) is 0 Å². The maximum absolute atomic E-state index is 9.14. The second-order valence-corrected chi connectivity index (χ2v) is 4.03. The molecule has 0 saturated carbocycles. The molecule has 2 nitrogen and oxygen atoms in total. The zero-order valence-corrected chi connectivity index (χ0v) is 14.0. The van der Waals surface area contributed by atoms with Crippen molar-refractivity contribution in [1.29, 1.82) is 0 Å². The van der Waals surface area contributed by atoms with Gasteiger partial charge in [-0.2, -0.15) is 0 Å². The smallest absolute Gasteiger partial charge is 0.0682 e. The van der Waals surface area contributed by atoms with Crippen molar-refractivity contribution in [1.82, 2.24) is 5.32 Å². The SMILES string of the molecule is CC.CC.CNC1=CC=C(c2cccc(CO)c2)CC=C1. The van der Waals surface area contributed by atoms with E-state index in [9.17, 15) is 0 Å². The Balaban J connectivity index is 0.000000921. The first kappa shape index (κ1) is 19.2. The molecule has 0 radical (unpaired) electrons. The van der Waals surface area contributed by atoms with Gasteiger partial charge in [-0.25, -0.2) is 0 Å². The van der Waals surface area contributed by atoms with Crippen LogP contribution in [0.4, 0.5) is 0 Å². The fourth-order valence-electron chi connectivity index (χ4n) is 1.88. The molecule has 0 heterocycles. The molecule has 0 unspecified atom stereocenters. The van der Waals surface area contributed by atoms with Crippen LogP contribution >= 0.6 is 0 Å². The minimum atomic E-state index is 0.0918. The molecular formula is C19H29NO. The number of rotatable bonds is 3. The molecule has 1 aromatic rings. The summed E-state index contributed by atoms with van der Waals surface area (Å²) in [4.78, 5) is 0. The summed E-state index contributed by atoms with van der Waals surface area (Å²) < 4.78 is 0. The van der Waals surface area contributed by atoms with Gasteiger partial charge in [0.05, 0.1) is 6.61 Å². The second-order valence-electron chi connectivity index (χ2n) is 4.03. The first-order valence-electron chi connectivity index (χ1n) is 7.79. The molecule has 0 atom stereocenters. The van der Waals surface area contributed by atoms with E-state index in [1.54, 1.807) is 0 Å². The molecule has 1 aromatic carbocycles. The first-order chi connectivity index (χ1) is 10.3. The third-order valence-electron chi connectivity index (χ3n) is 2.87. The van der Waals surface area contributed by atoms with Crippen LogP contribution < -0.4 is 5.32 Å². The van der Waals surface area contributed by atoms with E-state index in [4.69, 9.17) is 5.11 Å². The van der Waals surface area contributed by atoms with Crippen molar-refractivity contribution < 1.29 is 5.11 Å². The molecule has 0 aliphatic heterocycles. The Kier molecular flexibility index (Phi) is 11.0. The number of likely N-dealkylation sites (N-methyl/N-ethyl adjacent to an activating group) is 1. The molecule has 0 spiro atoms. The number of hydrogen-bond acceptors (Lipinski definition) is 2. The van der Waals surface area contributed by atoms with E-state index in [0.717, 1.165) is 17.7 Å². The summed E-state index contributed by atoms with van der Waals surface area (Å²) in [6, 6.07) is 8.04. The van der Waals surface area contributed by atoms with Crippen LogP contribution in [0, 0.1) is 0 Å². The van der Waals surface area contributed by atoms with Crippen molar-refractivity contribution in [3.05, 3.63) is 65.4 Å². The van der Waals surface area contributed by atoms with Crippen LogP contribution in [0.1, 0.15) is 45.2 Å². The molecule has 2 N–H and O–H groups in total. The molecule has 0 saturated heterocycles. The van der Waals surface area contributed by atoms with E-state index in [0.29, 0.717) is 0 Å². The standard InChI is InChI=1S/C15H17NO.2C2H6/c1-16-15-7-3-5-13(8-9-15)14-6-2-4-12(10-14)11-17;2*1-2/h2-4,6-10,16-17H,5,11H2,1H3;2*1-2H3. The second kappa shape index (κ2) is 12.0. The summed E-state index contributed by atoms with van der Waals surface area (Å²) in [5.41, 5.74) is 4.50. The third kappa shape index (κ3) is 6.46. The maximum atomic E-state index is 9.14. The molecule has 2 rings (SSSR count). The topological polar surface area (TPSA) is 32.3 Å².